The molecule has 1 aliphatic heterocycles. The number of carbonyl (C=O) groups excluding carboxylic acids is 2. The van der Waals surface area contributed by atoms with Crippen molar-refractivity contribution in [3.63, 3.8) is 0 Å². The molecule has 0 aliphatic carbocycles. The van der Waals surface area contributed by atoms with Gasteiger partial charge in [-0.05, 0) is 74.6 Å². The Labute approximate surface area is 268 Å². The summed E-state index contributed by atoms with van der Waals surface area (Å²) in [5.74, 6) is 0.197. The molecule has 0 saturated heterocycles. The third-order valence-corrected chi connectivity index (χ3v) is 8.27. The van der Waals surface area contributed by atoms with Gasteiger partial charge in [-0.25, -0.2) is 0 Å². The van der Waals surface area contributed by atoms with Crippen molar-refractivity contribution < 1.29 is 19.1 Å². The monoisotopic (exact) mass is 647 g/mol. The lowest BCUT2D eigenvalue weighted by Gasteiger charge is -2.26. The minimum Gasteiger partial charge on any atom is -0.497 e. The van der Waals surface area contributed by atoms with Crippen molar-refractivity contribution in [2.24, 2.45) is 4.99 Å². The maximum absolute atomic E-state index is 13.1. The summed E-state index contributed by atoms with van der Waals surface area (Å²) in [6.07, 6.45) is 0.183. The number of nitrogens with one attached hydrogen (secondary N) is 5. The molecule has 0 spiro atoms. The Hall–Kier alpha value is -4.52. The molecule has 11 nitrogen and oxygen atoms in total. The molecule has 3 aromatic rings. The van der Waals surface area contributed by atoms with Crippen LogP contribution in [0.1, 0.15) is 34.8 Å². The highest BCUT2D eigenvalue weighted by Gasteiger charge is 2.32. The summed E-state index contributed by atoms with van der Waals surface area (Å²) in [7, 11) is -0.815. The molecule has 0 bridgehead atoms. The van der Waals surface area contributed by atoms with E-state index in [-0.39, 0.29) is 36.1 Å². The van der Waals surface area contributed by atoms with Gasteiger partial charge in [0.1, 0.15) is 23.5 Å². The van der Waals surface area contributed by atoms with Gasteiger partial charge in [0, 0.05) is 46.7 Å². The standard InChI is InChI=1S/C32H38ClN7O4Si/c1-20(34)40-28-14-13-25(44-2)17-26(28)30(21-5-9-23(33)10-6-21)39-27(31(40)35)18-29(41)37-16-15-36-24-11-7-22(8-12-24)32(42)38-19-45(3,4)43/h5-14,17,27,34-36,43H,15-16,18-19H2,1-4H3,(H,37,41)(H,38,42)/t27-/m0/s1. The summed E-state index contributed by atoms with van der Waals surface area (Å²) in [4.78, 5) is 41.7. The Morgan fingerprint density at radius 3 is 2.36 bits per heavy atom. The number of methoxy groups -OCH3 is 1. The molecule has 1 atom stereocenters. The zero-order chi connectivity index (χ0) is 32.7. The number of halogens is 1. The Morgan fingerprint density at radius 2 is 1.73 bits per heavy atom. The van der Waals surface area contributed by atoms with Crippen LogP contribution < -0.4 is 25.6 Å². The predicted molar refractivity (Wildman–Crippen MR) is 182 cm³/mol. The van der Waals surface area contributed by atoms with Gasteiger partial charge in [0.25, 0.3) is 5.91 Å². The van der Waals surface area contributed by atoms with Crippen LogP contribution in [0.25, 0.3) is 0 Å². The Morgan fingerprint density at radius 1 is 1.04 bits per heavy atom. The number of hydrogen-bond donors (Lipinski definition) is 6. The minimum atomic E-state index is -2.38. The fourth-order valence-electron chi connectivity index (χ4n) is 4.73. The van der Waals surface area contributed by atoms with Gasteiger partial charge in [0.2, 0.25) is 14.2 Å². The van der Waals surface area contributed by atoms with E-state index in [1.807, 2.05) is 18.2 Å². The number of fused-ring (bicyclic) bond motifs is 1. The number of amidine groups is 2. The summed E-state index contributed by atoms with van der Waals surface area (Å²) >= 11 is 6.15. The quantitative estimate of drug-likeness (QED) is 0.0780. The second-order valence-electron chi connectivity index (χ2n) is 11.2. The molecule has 0 fully saturated rings. The number of rotatable bonds is 11. The van der Waals surface area contributed by atoms with Gasteiger partial charge >= 0.3 is 0 Å². The number of ether oxygens (including phenoxy) is 1. The summed E-state index contributed by atoms with van der Waals surface area (Å²) in [5, 5.41) is 26.9. The fourth-order valence-corrected chi connectivity index (χ4v) is 5.45. The molecular formula is C32H38ClN7O4Si. The molecule has 0 aromatic heterocycles. The van der Waals surface area contributed by atoms with Gasteiger partial charge in [-0.15, -0.1) is 0 Å². The molecule has 0 unspecified atom stereocenters. The molecule has 13 heteroatoms. The van der Waals surface area contributed by atoms with E-state index in [0.29, 0.717) is 46.4 Å². The fraction of sp³-hybridized carbons (Fsp3) is 0.281. The third kappa shape index (κ3) is 8.78. The van der Waals surface area contributed by atoms with Crippen LogP contribution in [0, 0.1) is 10.8 Å². The first-order valence-electron chi connectivity index (χ1n) is 14.4. The van der Waals surface area contributed by atoms with Crippen LogP contribution in [0.4, 0.5) is 11.4 Å². The Balaban J connectivity index is 1.44. The van der Waals surface area contributed by atoms with E-state index in [2.05, 4.69) is 16.0 Å². The van der Waals surface area contributed by atoms with Crippen LogP contribution in [-0.2, 0) is 4.79 Å². The molecule has 1 aliphatic rings. The van der Waals surface area contributed by atoms with Gasteiger partial charge in [-0.3, -0.25) is 30.3 Å². The number of anilines is 2. The average molecular weight is 648 g/mol. The van der Waals surface area contributed by atoms with Crippen LogP contribution in [0.2, 0.25) is 18.1 Å². The SMILES string of the molecule is COc1ccc2c(c1)C(c1ccc(Cl)cc1)=N[C@@H](CC(=O)NCCNc1ccc(C(=O)NC[Si](C)(C)O)cc1)C(=N)N2C(C)=N. The molecule has 0 radical (unpaired) electrons. The molecule has 2 amide bonds. The van der Waals surface area contributed by atoms with Crippen molar-refractivity contribution in [3.05, 3.63) is 88.4 Å². The molecule has 3 aromatic carbocycles. The lowest BCUT2D eigenvalue weighted by atomic mass is 9.99. The van der Waals surface area contributed by atoms with Crippen molar-refractivity contribution in [2.45, 2.75) is 32.5 Å². The van der Waals surface area contributed by atoms with Crippen LogP contribution >= 0.6 is 11.6 Å². The summed E-state index contributed by atoms with van der Waals surface area (Å²) in [5.41, 5.74) is 3.85. The molecule has 4 rings (SSSR count). The van der Waals surface area contributed by atoms with Crippen LogP contribution in [0.5, 0.6) is 5.75 Å². The first kappa shape index (κ1) is 33.4. The van der Waals surface area contributed by atoms with Gasteiger partial charge in [0.05, 0.1) is 24.9 Å². The smallest absolute Gasteiger partial charge is 0.251 e. The van der Waals surface area contributed by atoms with E-state index in [9.17, 15) is 14.4 Å². The van der Waals surface area contributed by atoms with E-state index in [1.54, 1.807) is 75.7 Å². The predicted octanol–water partition coefficient (Wildman–Crippen LogP) is 4.43. The molecular weight excluding hydrogens is 610 g/mol. The zero-order valence-corrected chi connectivity index (χ0v) is 27.5. The van der Waals surface area contributed by atoms with E-state index >= 15 is 0 Å². The van der Waals surface area contributed by atoms with E-state index in [1.165, 1.54) is 4.90 Å². The number of amides is 2. The molecule has 236 valence electrons. The normalized spacial score (nSPS) is 14.5. The minimum absolute atomic E-state index is 0.0141. The first-order chi connectivity index (χ1) is 21.4. The summed E-state index contributed by atoms with van der Waals surface area (Å²) in [6.45, 7) is 5.85. The largest absolute Gasteiger partial charge is 0.497 e. The molecule has 0 saturated carbocycles. The van der Waals surface area contributed by atoms with Crippen molar-refractivity contribution in [2.75, 3.05) is 36.6 Å². The average Bonchev–Trinajstić information content (AvgIpc) is 3.12. The van der Waals surface area contributed by atoms with Crippen LogP contribution in [-0.4, -0.2) is 74.7 Å². The maximum atomic E-state index is 13.1. The molecule has 45 heavy (non-hydrogen) atoms. The lowest BCUT2D eigenvalue weighted by molar-refractivity contribution is -0.121. The topological polar surface area (TPSA) is 163 Å². The van der Waals surface area contributed by atoms with Gasteiger partial charge in [0.15, 0.2) is 0 Å². The van der Waals surface area contributed by atoms with Gasteiger partial charge < -0.3 is 25.5 Å². The number of carbonyl (C=O) groups is 2. The summed E-state index contributed by atoms with van der Waals surface area (Å²) < 4.78 is 5.47. The van der Waals surface area contributed by atoms with Crippen molar-refractivity contribution in [1.29, 1.82) is 10.8 Å². The number of hydrogen-bond acceptors (Lipinski definition) is 8. The second-order valence-corrected chi connectivity index (χ2v) is 15.7. The number of benzene rings is 3. The van der Waals surface area contributed by atoms with E-state index in [4.69, 9.17) is 32.1 Å². The Bertz CT molecular complexity index is 1610. The highest BCUT2D eigenvalue weighted by Crippen LogP contribution is 2.33. The van der Waals surface area contributed by atoms with Crippen molar-refractivity contribution in [1.82, 2.24) is 10.6 Å². The Kier molecular flexibility index (Phi) is 10.8. The third-order valence-electron chi connectivity index (χ3n) is 6.98. The second kappa shape index (κ2) is 14.5. The van der Waals surface area contributed by atoms with Crippen LogP contribution in [0.15, 0.2) is 71.7 Å². The summed E-state index contributed by atoms with van der Waals surface area (Å²) in [6, 6.07) is 18.6. The van der Waals surface area contributed by atoms with Crippen LogP contribution in [0.3, 0.4) is 0 Å². The number of nitrogens with zero attached hydrogens (tertiary/aromatic N) is 2. The highest BCUT2D eigenvalue weighted by atomic mass is 35.5. The number of aliphatic imine (C=N–C) groups is 1. The van der Waals surface area contributed by atoms with Crippen molar-refractivity contribution in [3.8, 4) is 5.75 Å². The van der Waals surface area contributed by atoms with E-state index in [0.717, 1.165) is 11.3 Å². The molecule has 1 heterocycles. The van der Waals surface area contributed by atoms with Gasteiger partial charge in [-0.2, -0.15) is 0 Å². The lowest BCUT2D eigenvalue weighted by Crippen LogP contribution is -2.42. The van der Waals surface area contributed by atoms with E-state index < -0.39 is 14.4 Å². The zero-order valence-electron chi connectivity index (χ0n) is 25.7. The molecule has 6 N–H and O–H groups in total. The highest BCUT2D eigenvalue weighted by molar-refractivity contribution is 6.70. The maximum Gasteiger partial charge on any atom is 0.251 e. The van der Waals surface area contributed by atoms with Crippen molar-refractivity contribution >= 4 is 60.5 Å². The first-order valence-corrected chi connectivity index (χ1v) is 18.0. The van der Waals surface area contributed by atoms with Gasteiger partial charge in [-0.1, -0.05) is 23.7 Å². The number of benzodiazepines with no additional fused rings is 1.